The first-order valence-corrected chi connectivity index (χ1v) is 6.43. The first-order chi connectivity index (χ1) is 7.64. The standard InChI is InChI=1S/C6H4F2IN3O4S/c7-5(8)3-1-2(9)4(17(10,15)16)6(11-3)12(13)14/h1,5H,(H2,10,15,16). The van der Waals surface area contributed by atoms with Crippen LogP contribution in [0.5, 0.6) is 0 Å². The summed E-state index contributed by atoms with van der Waals surface area (Å²) in [4.78, 5) is 11.5. The summed E-state index contributed by atoms with van der Waals surface area (Å²) < 4.78 is 46.6. The van der Waals surface area contributed by atoms with Crippen LogP contribution in [0.4, 0.5) is 14.6 Å². The van der Waals surface area contributed by atoms with E-state index in [9.17, 15) is 27.3 Å². The molecule has 0 saturated carbocycles. The highest BCUT2D eigenvalue weighted by Gasteiger charge is 2.31. The Morgan fingerprint density at radius 3 is 2.41 bits per heavy atom. The second-order valence-electron chi connectivity index (χ2n) is 2.78. The van der Waals surface area contributed by atoms with Gasteiger partial charge in [-0.15, -0.1) is 0 Å². The van der Waals surface area contributed by atoms with Gasteiger partial charge in [0, 0.05) is 9.64 Å². The molecule has 0 aromatic carbocycles. The van der Waals surface area contributed by atoms with E-state index in [0.717, 1.165) is 6.07 Å². The van der Waals surface area contributed by atoms with Crippen LogP contribution in [-0.4, -0.2) is 18.3 Å². The van der Waals surface area contributed by atoms with Crippen molar-refractivity contribution >= 4 is 38.4 Å². The minimum absolute atomic E-state index is 0.276. The van der Waals surface area contributed by atoms with E-state index in [2.05, 4.69) is 4.98 Å². The van der Waals surface area contributed by atoms with Gasteiger partial charge in [0.15, 0.2) is 4.90 Å². The van der Waals surface area contributed by atoms with Crippen LogP contribution in [0, 0.1) is 13.7 Å². The summed E-state index contributed by atoms with van der Waals surface area (Å²) in [6, 6.07) is 0.734. The summed E-state index contributed by atoms with van der Waals surface area (Å²) in [5, 5.41) is 15.3. The van der Waals surface area contributed by atoms with Gasteiger partial charge in [-0.05, 0) is 32.5 Å². The predicted octanol–water partition coefficient (Wildman–Crippen LogP) is 1.18. The van der Waals surface area contributed by atoms with E-state index in [4.69, 9.17) is 5.14 Å². The maximum Gasteiger partial charge on any atom is 0.385 e. The number of pyridine rings is 1. The molecule has 0 bridgehead atoms. The molecular formula is C6H4F2IN3O4S. The molecule has 0 aliphatic carbocycles. The molecule has 11 heteroatoms. The van der Waals surface area contributed by atoms with Crippen LogP contribution in [0.25, 0.3) is 0 Å². The van der Waals surface area contributed by atoms with E-state index >= 15 is 0 Å². The molecule has 2 N–H and O–H groups in total. The molecule has 17 heavy (non-hydrogen) atoms. The van der Waals surface area contributed by atoms with Crippen molar-refractivity contribution in [1.82, 2.24) is 4.98 Å². The molecule has 1 rings (SSSR count). The lowest BCUT2D eigenvalue weighted by Crippen LogP contribution is -2.17. The fourth-order valence-electron chi connectivity index (χ4n) is 1.01. The number of nitrogens with zero attached hydrogens (tertiary/aromatic N) is 2. The van der Waals surface area contributed by atoms with Gasteiger partial charge < -0.3 is 10.1 Å². The molecule has 0 aliphatic heterocycles. The molecule has 0 spiro atoms. The number of hydrogen-bond acceptors (Lipinski definition) is 5. The molecule has 1 heterocycles. The van der Waals surface area contributed by atoms with Crippen LogP contribution >= 0.6 is 22.6 Å². The number of halogens is 3. The first-order valence-electron chi connectivity index (χ1n) is 3.80. The molecule has 0 amide bonds. The zero-order valence-corrected chi connectivity index (χ0v) is 10.8. The van der Waals surface area contributed by atoms with Gasteiger partial charge in [-0.2, -0.15) is 0 Å². The molecule has 1 aromatic rings. The second-order valence-corrected chi connectivity index (χ2v) is 5.44. The van der Waals surface area contributed by atoms with Crippen molar-refractivity contribution in [1.29, 1.82) is 0 Å². The van der Waals surface area contributed by atoms with Crippen molar-refractivity contribution in [3.05, 3.63) is 25.4 Å². The van der Waals surface area contributed by atoms with Gasteiger partial charge >= 0.3 is 12.2 Å². The number of alkyl halides is 2. The van der Waals surface area contributed by atoms with Crippen LogP contribution in [0.2, 0.25) is 0 Å². The molecule has 0 fully saturated rings. The average Bonchev–Trinajstić information content (AvgIpc) is 2.13. The fourth-order valence-corrected chi connectivity index (χ4v) is 3.19. The van der Waals surface area contributed by atoms with Crippen molar-refractivity contribution in [3.8, 4) is 0 Å². The van der Waals surface area contributed by atoms with Crippen LogP contribution < -0.4 is 5.14 Å². The summed E-state index contributed by atoms with van der Waals surface area (Å²) in [6.45, 7) is 0. The summed E-state index contributed by atoms with van der Waals surface area (Å²) in [5.74, 6) is -1.20. The minimum atomic E-state index is -4.41. The highest BCUT2D eigenvalue weighted by atomic mass is 127. The third-order valence-electron chi connectivity index (χ3n) is 1.61. The predicted molar refractivity (Wildman–Crippen MR) is 59.9 cm³/mol. The molecule has 1 aromatic heterocycles. The van der Waals surface area contributed by atoms with E-state index in [1.54, 1.807) is 0 Å². The SMILES string of the molecule is NS(=O)(=O)c1c(I)cc(C(F)F)nc1[N+](=O)[O-]. The number of hydrogen-bond donors (Lipinski definition) is 1. The summed E-state index contributed by atoms with van der Waals surface area (Å²) >= 11 is 1.37. The highest BCUT2D eigenvalue weighted by Crippen LogP contribution is 2.29. The first kappa shape index (κ1) is 14.1. The van der Waals surface area contributed by atoms with E-state index in [1.165, 1.54) is 22.6 Å². The Morgan fingerprint density at radius 1 is 1.53 bits per heavy atom. The van der Waals surface area contributed by atoms with Gasteiger partial charge in [-0.3, -0.25) is 0 Å². The Balaban J connectivity index is 3.68. The Labute approximate surface area is 107 Å². The van der Waals surface area contributed by atoms with E-state index in [-0.39, 0.29) is 3.57 Å². The minimum Gasteiger partial charge on any atom is -0.358 e. The number of nitrogens with two attached hydrogens (primary N) is 1. The number of nitro groups is 1. The van der Waals surface area contributed by atoms with Crippen molar-refractivity contribution in [2.24, 2.45) is 5.14 Å². The fraction of sp³-hybridized carbons (Fsp3) is 0.167. The Hall–Kier alpha value is -0.950. The summed E-state index contributed by atoms with van der Waals surface area (Å²) in [6.07, 6.45) is -3.04. The normalized spacial score (nSPS) is 11.8. The van der Waals surface area contributed by atoms with Crippen molar-refractivity contribution in [3.63, 3.8) is 0 Å². The number of rotatable bonds is 3. The second kappa shape index (κ2) is 4.73. The lowest BCUT2D eigenvalue weighted by Gasteiger charge is -2.04. The smallest absolute Gasteiger partial charge is 0.358 e. The largest absolute Gasteiger partial charge is 0.385 e. The van der Waals surface area contributed by atoms with Crippen LogP contribution in [0.1, 0.15) is 12.1 Å². The van der Waals surface area contributed by atoms with Crippen LogP contribution in [0.3, 0.4) is 0 Å². The quantitative estimate of drug-likeness (QED) is 0.481. The van der Waals surface area contributed by atoms with Gasteiger partial charge in [0.25, 0.3) is 0 Å². The van der Waals surface area contributed by atoms with Crippen molar-refractivity contribution < 1.29 is 22.1 Å². The lowest BCUT2D eigenvalue weighted by molar-refractivity contribution is -0.392. The molecule has 0 saturated heterocycles. The number of sulfonamides is 1. The van der Waals surface area contributed by atoms with Gasteiger partial charge in [0.2, 0.25) is 15.7 Å². The van der Waals surface area contributed by atoms with Crippen LogP contribution in [-0.2, 0) is 10.0 Å². The van der Waals surface area contributed by atoms with E-state index in [0.29, 0.717) is 0 Å². The van der Waals surface area contributed by atoms with E-state index < -0.39 is 37.8 Å². The molecule has 94 valence electrons. The summed E-state index contributed by atoms with van der Waals surface area (Å²) in [5.41, 5.74) is -0.881. The third-order valence-corrected chi connectivity index (χ3v) is 3.80. The van der Waals surface area contributed by atoms with Gasteiger partial charge in [0.1, 0.15) is 0 Å². The molecule has 0 atom stereocenters. The number of aromatic nitrogens is 1. The average molecular weight is 379 g/mol. The Kier molecular flexibility index (Phi) is 3.93. The van der Waals surface area contributed by atoms with Gasteiger partial charge in [-0.25, -0.2) is 22.3 Å². The van der Waals surface area contributed by atoms with Gasteiger partial charge in [-0.1, -0.05) is 0 Å². The molecule has 0 radical (unpaired) electrons. The topological polar surface area (TPSA) is 116 Å². The molecule has 7 nitrogen and oxygen atoms in total. The van der Waals surface area contributed by atoms with Crippen LogP contribution in [0.15, 0.2) is 11.0 Å². The zero-order valence-electron chi connectivity index (χ0n) is 7.80. The monoisotopic (exact) mass is 379 g/mol. The Morgan fingerprint density at radius 2 is 2.06 bits per heavy atom. The summed E-state index contributed by atoms with van der Waals surface area (Å²) in [7, 11) is -4.41. The van der Waals surface area contributed by atoms with E-state index in [1.807, 2.05) is 0 Å². The molecule has 0 aliphatic rings. The number of primary sulfonamides is 1. The van der Waals surface area contributed by atoms with Crippen molar-refractivity contribution in [2.45, 2.75) is 11.3 Å². The van der Waals surface area contributed by atoms with Gasteiger partial charge in [0.05, 0.1) is 0 Å². The van der Waals surface area contributed by atoms with Crippen molar-refractivity contribution in [2.75, 3.05) is 0 Å². The molecular weight excluding hydrogens is 375 g/mol. The lowest BCUT2D eigenvalue weighted by atomic mass is 10.3. The highest BCUT2D eigenvalue weighted by molar-refractivity contribution is 14.1. The maximum absolute atomic E-state index is 12.3. The Bertz CT molecular complexity index is 577. The zero-order chi connectivity index (χ0) is 13.4. The third kappa shape index (κ3) is 3.04. The molecule has 0 unspecified atom stereocenters. The maximum atomic E-state index is 12.3.